The normalized spacial score (nSPS) is 17.9. The summed E-state index contributed by atoms with van der Waals surface area (Å²) < 4.78 is 179. The molecule has 1 aliphatic carbocycles. The van der Waals surface area contributed by atoms with Gasteiger partial charge in [0, 0.05) is 5.56 Å². The van der Waals surface area contributed by atoms with Gasteiger partial charge in [-0.3, -0.25) is 0 Å². The lowest BCUT2D eigenvalue weighted by atomic mass is 9.78. The van der Waals surface area contributed by atoms with Crippen LogP contribution < -0.4 is 0 Å². The molecule has 0 spiro atoms. The Bertz CT molecular complexity index is 2110. The zero-order chi connectivity index (χ0) is 35.4. The minimum Gasteiger partial charge on any atom is -0.203 e. The predicted molar refractivity (Wildman–Crippen MR) is 135 cm³/mol. The van der Waals surface area contributed by atoms with Crippen LogP contribution in [0.25, 0.3) is 11.1 Å². The molecule has 0 heterocycles. The summed E-state index contributed by atoms with van der Waals surface area (Å²) in [6, 6.07) is 4.19. The molecule has 0 N–H and O–H groups in total. The molecule has 1 saturated carbocycles. The third-order valence-corrected chi connectivity index (χ3v) is 7.74. The molecular weight excluding hydrogens is 656 g/mol. The molecular formula is C31H10F12N4. The zero-order valence-electron chi connectivity index (χ0n) is 23.2. The summed E-state index contributed by atoms with van der Waals surface area (Å²) in [5.74, 6) is -26.9. The van der Waals surface area contributed by atoms with Gasteiger partial charge in [0.15, 0.2) is 69.8 Å². The molecule has 0 radical (unpaired) electrons. The van der Waals surface area contributed by atoms with Gasteiger partial charge in [-0.2, -0.15) is 21.0 Å². The van der Waals surface area contributed by atoms with Gasteiger partial charge in [-0.05, 0) is 43.4 Å². The van der Waals surface area contributed by atoms with Crippen LogP contribution in [0.5, 0.6) is 0 Å². The number of nitriles is 4. The Morgan fingerprint density at radius 3 is 1.28 bits per heavy atom. The summed E-state index contributed by atoms with van der Waals surface area (Å²) in [5, 5.41) is 37.9. The quantitative estimate of drug-likeness (QED) is 0.159. The first-order valence-electron chi connectivity index (χ1n) is 12.6. The van der Waals surface area contributed by atoms with Crippen LogP contribution in [0.3, 0.4) is 0 Å². The Hall–Kier alpha value is -5.74. The average Bonchev–Trinajstić information content (AvgIpc) is 3.44. The summed E-state index contributed by atoms with van der Waals surface area (Å²) in [5.41, 5.74) is -17.5. The fourth-order valence-electron chi connectivity index (χ4n) is 5.38. The molecule has 0 aliphatic heterocycles. The van der Waals surface area contributed by atoms with E-state index in [1.165, 1.54) is 6.07 Å². The second-order valence-corrected chi connectivity index (χ2v) is 10.1. The van der Waals surface area contributed by atoms with Crippen molar-refractivity contribution >= 4 is 11.1 Å². The number of nitrogens with zero attached hydrogens (tertiary/aromatic N) is 4. The number of hydrogen-bond acceptors (Lipinski definition) is 4. The number of rotatable bonds is 3. The molecule has 1 fully saturated rings. The van der Waals surface area contributed by atoms with Crippen LogP contribution in [0.1, 0.15) is 53.1 Å². The maximum atomic E-state index is 15.3. The molecule has 1 unspecified atom stereocenters. The molecule has 3 aromatic carbocycles. The van der Waals surface area contributed by atoms with E-state index >= 15 is 26.3 Å². The minimum atomic E-state index is -2.97. The molecule has 0 bridgehead atoms. The zero-order valence-corrected chi connectivity index (χ0v) is 23.2. The second kappa shape index (κ2) is 11.9. The van der Waals surface area contributed by atoms with Crippen molar-refractivity contribution in [3.63, 3.8) is 0 Å². The highest BCUT2D eigenvalue weighted by Gasteiger charge is 2.49. The van der Waals surface area contributed by atoms with Crippen molar-refractivity contribution in [1.82, 2.24) is 0 Å². The van der Waals surface area contributed by atoms with Crippen LogP contribution in [-0.2, 0) is 5.41 Å². The van der Waals surface area contributed by atoms with E-state index in [2.05, 4.69) is 0 Å². The average molecular weight is 666 g/mol. The van der Waals surface area contributed by atoms with Gasteiger partial charge in [-0.15, -0.1) is 0 Å². The van der Waals surface area contributed by atoms with E-state index in [0.717, 1.165) is 18.2 Å². The predicted octanol–water partition coefficient (Wildman–Crippen LogP) is 8.41. The van der Waals surface area contributed by atoms with Crippen molar-refractivity contribution in [1.29, 1.82) is 21.0 Å². The van der Waals surface area contributed by atoms with Crippen molar-refractivity contribution in [2.24, 2.45) is 0 Å². The summed E-state index contributed by atoms with van der Waals surface area (Å²) in [7, 11) is 0. The number of allylic oxidation sites excluding steroid dienone is 4. The fourth-order valence-corrected chi connectivity index (χ4v) is 5.38. The Balaban J connectivity index is 2.28. The molecule has 0 aromatic heterocycles. The van der Waals surface area contributed by atoms with Crippen molar-refractivity contribution in [3.05, 3.63) is 114 Å². The van der Waals surface area contributed by atoms with E-state index in [4.69, 9.17) is 10.5 Å². The van der Waals surface area contributed by atoms with Gasteiger partial charge >= 0.3 is 0 Å². The van der Waals surface area contributed by atoms with Crippen LogP contribution in [0.4, 0.5) is 52.7 Å². The first-order valence-corrected chi connectivity index (χ1v) is 12.6. The first-order chi connectivity index (χ1) is 22.0. The first kappa shape index (κ1) is 34.1. The van der Waals surface area contributed by atoms with Crippen molar-refractivity contribution in [2.75, 3.05) is 0 Å². The van der Waals surface area contributed by atoms with Crippen molar-refractivity contribution in [2.45, 2.75) is 32.1 Å². The van der Waals surface area contributed by atoms with Crippen LogP contribution in [0.15, 0.2) is 11.1 Å². The molecule has 0 saturated heterocycles. The molecule has 47 heavy (non-hydrogen) atoms. The minimum absolute atomic E-state index is 0.613. The van der Waals surface area contributed by atoms with E-state index in [0.29, 0.717) is 13.8 Å². The summed E-state index contributed by atoms with van der Waals surface area (Å²) in [6.45, 7) is 1.25. The molecule has 4 nitrogen and oxygen atoms in total. The molecule has 3 aromatic rings. The molecule has 238 valence electrons. The highest BCUT2D eigenvalue weighted by molar-refractivity contribution is 5.88. The van der Waals surface area contributed by atoms with Crippen LogP contribution in [0.2, 0.25) is 0 Å². The molecule has 1 atom stereocenters. The molecule has 1 aliphatic rings. The summed E-state index contributed by atoms with van der Waals surface area (Å²) >= 11 is 0. The van der Waals surface area contributed by atoms with Gasteiger partial charge in [0.2, 0.25) is 0 Å². The highest BCUT2D eigenvalue weighted by Crippen LogP contribution is 2.54. The van der Waals surface area contributed by atoms with Crippen LogP contribution in [-0.4, -0.2) is 0 Å². The molecule has 0 amide bonds. The number of benzene rings is 3. The Morgan fingerprint density at radius 1 is 0.532 bits per heavy atom. The van der Waals surface area contributed by atoms with Gasteiger partial charge in [0.1, 0.15) is 29.3 Å². The van der Waals surface area contributed by atoms with Gasteiger partial charge in [-0.1, -0.05) is 0 Å². The van der Waals surface area contributed by atoms with Crippen LogP contribution >= 0.6 is 0 Å². The Kier molecular flexibility index (Phi) is 8.63. The maximum Gasteiger partial charge on any atom is 0.180 e. The highest BCUT2D eigenvalue weighted by atomic mass is 19.2. The van der Waals surface area contributed by atoms with E-state index in [9.17, 15) is 36.9 Å². The van der Waals surface area contributed by atoms with Gasteiger partial charge in [0.25, 0.3) is 0 Å². The van der Waals surface area contributed by atoms with Crippen molar-refractivity contribution in [3.8, 4) is 24.3 Å². The smallest absolute Gasteiger partial charge is 0.180 e. The largest absolute Gasteiger partial charge is 0.203 e. The van der Waals surface area contributed by atoms with Gasteiger partial charge in [0.05, 0.1) is 33.7 Å². The lowest BCUT2D eigenvalue weighted by molar-refractivity contribution is 0.402. The third kappa shape index (κ3) is 4.76. The van der Waals surface area contributed by atoms with Crippen molar-refractivity contribution < 1.29 is 52.7 Å². The van der Waals surface area contributed by atoms with E-state index < -0.39 is 144 Å². The topological polar surface area (TPSA) is 95.2 Å². The second-order valence-electron chi connectivity index (χ2n) is 10.1. The SMILES string of the molecule is C/C(=C1\CC(C#N)(c2c(F)c(F)c(C)c(F)c2F)C\C1=C(\C#N)c1c(F)c(F)c(C#N)c(F)c1F)c1c(F)c(F)c(C#N)c(F)c1F. The Morgan fingerprint density at radius 2 is 0.915 bits per heavy atom. The van der Waals surface area contributed by atoms with Crippen LogP contribution in [0, 0.1) is 122 Å². The Labute approximate surface area is 255 Å². The number of hydrogen-bond donors (Lipinski definition) is 0. The molecule has 16 heteroatoms. The van der Waals surface area contributed by atoms with Gasteiger partial charge in [-0.25, -0.2) is 52.7 Å². The number of halogens is 12. The van der Waals surface area contributed by atoms with E-state index in [1.807, 2.05) is 0 Å². The lowest BCUT2D eigenvalue weighted by Gasteiger charge is -2.23. The standard InChI is InChI=1S/C31H10F12N4/c1-9(16-25(38)21(34)14(6-45)22(35)26(16)39)11-3-31(8-47,18-29(42)19(32)10(2)20(33)30(18)43)4-12(11)13(5-44)17-27(40)23(36)15(7-46)24(37)28(17)41/h3-4H2,1-2H3/b11-9-,13-12+. The third-order valence-electron chi connectivity index (χ3n) is 7.74. The van der Waals surface area contributed by atoms with Gasteiger partial charge < -0.3 is 0 Å². The van der Waals surface area contributed by atoms with E-state index in [-0.39, 0.29) is 0 Å². The van der Waals surface area contributed by atoms with E-state index in [1.54, 1.807) is 0 Å². The fraction of sp³-hybridized carbons (Fsp3) is 0.161. The molecule has 4 rings (SSSR count). The lowest BCUT2D eigenvalue weighted by Crippen LogP contribution is -2.25. The summed E-state index contributed by atoms with van der Waals surface area (Å²) in [6.07, 6.45) is -2.76. The maximum absolute atomic E-state index is 15.3. The summed E-state index contributed by atoms with van der Waals surface area (Å²) in [4.78, 5) is 0. The monoisotopic (exact) mass is 666 g/mol.